The second kappa shape index (κ2) is 12.1. The van der Waals surface area contributed by atoms with Crippen molar-refractivity contribution in [1.29, 1.82) is 0 Å². The largest absolute Gasteiger partial charge is 0.493 e. The number of benzene rings is 2. The Bertz CT molecular complexity index is 1620. The molecule has 39 heavy (non-hydrogen) atoms. The molecule has 0 spiro atoms. The highest BCUT2D eigenvalue weighted by Crippen LogP contribution is 2.41. The van der Waals surface area contributed by atoms with Crippen LogP contribution in [0.4, 0.5) is 0 Å². The number of halogens is 1. The van der Waals surface area contributed by atoms with Gasteiger partial charge in [-0.25, -0.2) is 9.79 Å². The SMILES string of the molecule is CCOC(=O)C1=C(C)N=c2s/c(=C/c3ccc(OC)c(OC)c3)c(=O)n2[C@H]1c1cc(OC)c(OCC)cc1Br. The number of rotatable bonds is 9. The smallest absolute Gasteiger partial charge is 0.338 e. The molecule has 206 valence electrons. The van der Waals surface area contributed by atoms with E-state index >= 15 is 0 Å². The van der Waals surface area contributed by atoms with Gasteiger partial charge in [0.1, 0.15) is 0 Å². The van der Waals surface area contributed by atoms with Gasteiger partial charge in [0, 0.05) is 4.47 Å². The Hall–Kier alpha value is -3.57. The highest BCUT2D eigenvalue weighted by Gasteiger charge is 2.35. The monoisotopic (exact) mass is 616 g/mol. The quantitative estimate of drug-likeness (QED) is 0.335. The van der Waals surface area contributed by atoms with Crippen LogP contribution in [0.1, 0.15) is 37.9 Å². The first-order valence-electron chi connectivity index (χ1n) is 12.2. The van der Waals surface area contributed by atoms with Crippen molar-refractivity contribution in [3.63, 3.8) is 0 Å². The molecular formula is C28H29BrN2O7S. The molecule has 0 saturated carbocycles. The van der Waals surface area contributed by atoms with Gasteiger partial charge in [-0.2, -0.15) is 0 Å². The van der Waals surface area contributed by atoms with Crippen LogP contribution in [0.3, 0.4) is 0 Å². The number of carbonyl (C=O) groups excluding carboxylic acids is 1. The van der Waals surface area contributed by atoms with E-state index < -0.39 is 12.0 Å². The third kappa shape index (κ3) is 5.46. The minimum atomic E-state index is -0.813. The number of aromatic nitrogens is 1. The first-order chi connectivity index (χ1) is 18.8. The maximum absolute atomic E-state index is 13.9. The summed E-state index contributed by atoms with van der Waals surface area (Å²) >= 11 is 4.87. The highest BCUT2D eigenvalue weighted by molar-refractivity contribution is 9.10. The lowest BCUT2D eigenvalue weighted by Gasteiger charge is -2.26. The number of nitrogens with zero attached hydrogens (tertiary/aromatic N) is 2. The molecule has 2 aromatic carbocycles. The number of carbonyl (C=O) groups is 1. The summed E-state index contributed by atoms with van der Waals surface area (Å²) in [7, 11) is 4.66. The van der Waals surface area contributed by atoms with Gasteiger partial charge in [-0.15, -0.1) is 0 Å². The number of fused-ring (bicyclic) bond motifs is 1. The molecule has 11 heteroatoms. The van der Waals surface area contributed by atoms with Gasteiger partial charge in [0.25, 0.3) is 5.56 Å². The van der Waals surface area contributed by atoms with E-state index in [0.29, 0.717) is 54.7 Å². The van der Waals surface area contributed by atoms with Gasteiger partial charge in [0.05, 0.1) is 56.4 Å². The zero-order valence-corrected chi connectivity index (χ0v) is 24.9. The van der Waals surface area contributed by atoms with E-state index in [1.807, 2.05) is 13.0 Å². The van der Waals surface area contributed by atoms with Crippen molar-refractivity contribution in [2.75, 3.05) is 34.5 Å². The van der Waals surface area contributed by atoms with Crippen LogP contribution in [0, 0.1) is 0 Å². The minimum Gasteiger partial charge on any atom is -0.493 e. The van der Waals surface area contributed by atoms with Crippen LogP contribution in [0.25, 0.3) is 6.08 Å². The van der Waals surface area contributed by atoms with Crippen molar-refractivity contribution in [3.05, 3.63) is 76.9 Å². The van der Waals surface area contributed by atoms with E-state index in [1.165, 1.54) is 23.0 Å². The molecule has 0 amide bonds. The van der Waals surface area contributed by atoms with Gasteiger partial charge >= 0.3 is 5.97 Å². The number of esters is 1. The lowest BCUT2D eigenvalue weighted by atomic mass is 9.95. The average molecular weight is 618 g/mol. The van der Waals surface area contributed by atoms with Gasteiger partial charge < -0.3 is 23.7 Å². The molecule has 0 aliphatic carbocycles. The maximum atomic E-state index is 13.9. The second-order valence-corrected chi connectivity index (χ2v) is 10.2. The van der Waals surface area contributed by atoms with Crippen molar-refractivity contribution in [2.45, 2.75) is 26.8 Å². The van der Waals surface area contributed by atoms with E-state index in [4.69, 9.17) is 23.7 Å². The number of allylic oxidation sites excluding steroid dienone is 1. The molecule has 2 heterocycles. The van der Waals surface area contributed by atoms with E-state index in [2.05, 4.69) is 20.9 Å². The molecule has 9 nitrogen and oxygen atoms in total. The topological polar surface area (TPSA) is 97.6 Å². The minimum absolute atomic E-state index is 0.180. The summed E-state index contributed by atoms with van der Waals surface area (Å²) in [5.74, 6) is 1.59. The Morgan fingerprint density at radius 1 is 1.03 bits per heavy atom. The summed E-state index contributed by atoms with van der Waals surface area (Å²) < 4.78 is 30.0. The van der Waals surface area contributed by atoms with Crippen LogP contribution in [0.15, 0.2) is 55.9 Å². The maximum Gasteiger partial charge on any atom is 0.338 e. The zero-order chi connectivity index (χ0) is 28.3. The van der Waals surface area contributed by atoms with Gasteiger partial charge in [-0.3, -0.25) is 9.36 Å². The van der Waals surface area contributed by atoms with Crippen LogP contribution >= 0.6 is 27.3 Å². The van der Waals surface area contributed by atoms with Crippen molar-refractivity contribution in [1.82, 2.24) is 4.57 Å². The molecule has 0 N–H and O–H groups in total. The fraction of sp³-hybridized carbons (Fsp3) is 0.321. The summed E-state index contributed by atoms with van der Waals surface area (Å²) in [6.45, 7) is 5.98. The first-order valence-corrected chi connectivity index (χ1v) is 13.8. The number of thiazole rings is 1. The van der Waals surface area contributed by atoms with Crippen molar-refractivity contribution < 1.29 is 28.5 Å². The van der Waals surface area contributed by atoms with Crippen LogP contribution in [-0.4, -0.2) is 45.1 Å². The van der Waals surface area contributed by atoms with Crippen LogP contribution in [-0.2, 0) is 9.53 Å². The van der Waals surface area contributed by atoms with Gasteiger partial charge in [-0.05, 0) is 62.2 Å². The highest BCUT2D eigenvalue weighted by atomic mass is 79.9. The van der Waals surface area contributed by atoms with E-state index in [0.717, 1.165) is 5.56 Å². The summed E-state index contributed by atoms with van der Waals surface area (Å²) in [5.41, 5.74) is 1.82. The van der Waals surface area contributed by atoms with Crippen LogP contribution in [0.2, 0.25) is 0 Å². The average Bonchev–Trinajstić information content (AvgIpc) is 3.22. The number of hydrogen-bond donors (Lipinski definition) is 0. The Morgan fingerprint density at radius 2 is 1.72 bits per heavy atom. The van der Waals surface area contributed by atoms with Crippen molar-refractivity contribution in [3.8, 4) is 23.0 Å². The first kappa shape index (κ1) is 28.4. The Balaban J connectivity index is 1.98. The summed E-state index contributed by atoms with van der Waals surface area (Å²) in [6, 6.07) is 8.12. The predicted molar refractivity (Wildman–Crippen MR) is 152 cm³/mol. The van der Waals surface area contributed by atoms with Gasteiger partial charge in [0.15, 0.2) is 27.8 Å². The lowest BCUT2D eigenvalue weighted by molar-refractivity contribution is -0.139. The Kier molecular flexibility index (Phi) is 8.81. The molecule has 0 saturated heterocycles. The normalized spacial score (nSPS) is 14.9. The zero-order valence-electron chi connectivity index (χ0n) is 22.5. The van der Waals surface area contributed by atoms with E-state index in [1.54, 1.807) is 58.4 Å². The molecule has 4 rings (SSSR count). The summed E-state index contributed by atoms with van der Waals surface area (Å²) in [5, 5.41) is 0. The molecule has 0 bridgehead atoms. The molecular weight excluding hydrogens is 588 g/mol. The third-order valence-corrected chi connectivity index (χ3v) is 7.77. The molecule has 0 radical (unpaired) electrons. The van der Waals surface area contributed by atoms with Gasteiger partial charge in [0.2, 0.25) is 0 Å². The Morgan fingerprint density at radius 3 is 2.36 bits per heavy atom. The predicted octanol–water partition coefficient (Wildman–Crippen LogP) is 3.99. The number of ether oxygens (including phenoxy) is 5. The molecule has 3 aromatic rings. The van der Waals surface area contributed by atoms with Gasteiger partial charge in [-0.1, -0.05) is 33.3 Å². The second-order valence-electron chi connectivity index (χ2n) is 8.37. The summed E-state index contributed by atoms with van der Waals surface area (Å²) in [4.78, 5) is 32.2. The molecule has 0 unspecified atom stereocenters. The van der Waals surface area contributed by atoms with E-state index in [-0.39, 0.29) is 17.7 Å². The summed E-state index contributed by atoms with van der Waals surface area (Å²) in [6.07, 6.45) is 1.76. The van der Waals surface area contributed by atoms with Crippen molar-refractivity contribution >= 4 is 39.3 Å². The molecule has 0 fully saturated rings. The number of hydrogen-bond acceptors (Lipinski definition) is 9. The molecule has 1 atom stereocenters. The molecule has 1 aromatic heterocycles. The van der Waals surface area contributed by atoms with E-state index in [9.17, 15) is 9.59 Å². The fourth-order valence-corrected chi connectivity index (χ4v) is 5.95. The van der Waals surface area contributed by atoms with Crippen LogP contribution in [0.5, 0.6) is 23.0 Å². The Labute approximate surface area is 238 Å². The van der Waals surface area contributed by atoms with Crippen LogP contribution < -0.4 is 33.8 Å². The van der Waals surface area contributed by atoms with Crippen molar-refractivity contribution in [2.24, 2.45) is 4.99 Å². The molecule has 1 aliphatic rings. The third-order valence-electron chi connectivity index (χ3n) is 6.10. The standard InChI is InChI=1S/C28H29BrN2O7S/c1-7-37-22-14-18(29)17(13-21(22)36-6)25-24(27(33)38-8-2)15(3)30-28-31(25)26(32)23(39-28)12-16-9-10-19(34-4)20(11-16)35-5/h9-14,25H,7-8H2,1-6H3/b23-12+/t25-/m0/s1. The number of methoxy groups -OCH3 is 3. The molecule has 1 aliphatic heterocycles. The lowest BCUT2D eigenvalue weighted by Crippen LogP contribution is -2.40. The fourth-order valence-electron chi connectivity index (χ4n) is 4.37.